The average molecular weight is 332 g/mol. The molecule has 0 aliphatic heterocycles. The van der Waals surface area contributed by atoms with E-state index in [9.17, 15) is 19.8 Å². The van der Waals surface area contributed by atoms with Crippen molar-refractivity contribution in [3.8, 4) is 0 Å². The third-order valence-electron chi connectivity index (χ3n) is 6.88. The highest BCUT2D eigenvalue weighted by Crippen LogP contribution is 2.62. The molecule has 0 spiro atoms. The first-order valence-electron chi connectivity index (χ1n) is 9.05. The van der Waals surface area contributed by atoms with Crippen molar-refractivity contribution in [1.29, 1.82) is 0 Å². The third kappa shape index (κ3) is 2.30. The monoisotopic (exact) mass is 332 g/mol. The fraction of sp³-hybridized carbons (Fsp3) is 0.700. The predicted octanol–water partition coefficient (Wildman–Crippen LogP) is 3.36. The Morgan fingerprint density at radius 2 is 2.00 bits per heavy atom. The molecule has 0 aromatic rings. The summed E-state index contributed by atoms with van der Waals surface area (Å²) < 4.78 is 0. The Bertz CT molecular complexity index is 617. The number of aliphatic hydroxyl groups is 1. The maximum absolute atomic E-state index is 12.2. The Labute approximate surface area is 143 Å². The maximum atomic E-state index is 12.2. The lowest BCUT2D eigenvalue weighted by Gasteiger charge is -2.50. The van der Waals surface area contributed by atoms with E-state index in [4.69, 9.17) is 0 Å². The minimum atomic E-state index is -0.783. The second-order valence-corrected chi connectivity index (χ2v) is 8.40. The molecule has 24 heavy (non-hydrogen) atoms. The summed E-state index contributed by atoms with van der Waals surface area (Å²) in [5.74, 6) is -0.804. The molecule has 0 aromatic carbocycles. The number of aldehydes is 1. The molecule has 2 N–H and O–H groups in total. The lowest BCUT2D eigenvalue weighted by molar-refractivity contribution is -0.150. The summed E-state index contributed by atoms with van der Waals surface area (Å²) in [5.41, 5.74) is 1.09. The van der Waals surface area contributed by atoms with Gasteiger partial charge in [0.2, 0.25) is 0 Å². The largest absolute Gasteiger partial charge is 0.481 e. The highest BCUT2D eigenvalue weighted by Gasteiger charge is 2.59. The molecule has 0 heterocycles. The second kappa shape index (κ2) is 5.83. The van der Waals surface area contributed by atoms with Gasteiger partial charge in [0, 0.05) is 17.3 Å². The van der Waals surface area contributed by atoms with E-state index in [-0.39, 0.29) is 11.8 Å². The number of carboxylic acid groups (broad SMARTS) is 1. The van der Waals surface area contributed by atoms with E-state index in [1.807, 2.05) is 12.2 Å². The molecule has 4 heteroatoms. The van der Waals surface area contributed by atoms with Crippen molar-refractivity contribution in [2.24, 2.45) is 28.6 Å². The molecule has 0 saturated heterocycles. The summed E-state index contributed by atoms with van der Waals surface area (Å²) in [6.07, 6.45) is 7.37. The number of carboxylic acids is 1. The van der Waals surface area contributed by atoms with Gasteiger partial charge in [-0.05, 0) is 43.6 Å². The zero-order valence-electron chi connectivity index (χ0n) is 14.8. The van der Waals surface area contributed by atoms with E-state index in [1.54, 1.807) is 0 Å². The fourth-order valence-corrected chi connectivity index (χ4v) is 5.23. The van der Waals surface area contributed by atoms with Gasteiger partial charge in [-0.15, -0.1) is 0 Å². The van der Waals surface area contributed by atoms with Crippen LogP contribution in [0.3, 0.4) is 0 Å². The van der Waals surface area contributed by atoms with E-state index in [0.717, 1.165) is 18.3 Å². The molecule has 0 amide bonds. The normalized spacial score (nSPS) is 41.8. The molecule has 3 aliphatic rings. The van der Waals surface area contributed by atoms with E-state index in [1.165, 1.54) is 5.57 Å². The van der Waals surface area contributed by atoms with Crippen molar-refractivity contribution in [2.45, 2.75) is 59.0 Å². The molecular weight excluding hydrogens is 304 g/mol. The number of carbonyl (C=O) groups excluding carboxylic acids is 1. The summed E-state index contributed by atoms with van der Waals surface area (Å²) in [4.78, 5) is 23.5. The second-order valence-electron chi connectivity index (χ2n) is 8.40. The van der Waals surface area contributed by atoms with E-state index >= 15 is 0 Å². The minimum Gasteiger partial charge on any atom is -0.481 e. The van der Waals surface area contributed by atoms with Gasteiger partial charge in [0.15, 0.2) is 0 Å². The molecular formula is C20H28O4. The van der Waals surface area contributed by atoms with Crippen LogP contribution in [0.25, 0.3) is 0 Å². The molecule has 0 bridgehead atoms. The molecule has 3 aliphatic carbocycles. The van der Waals surface area contributed by atoms with Crippen LogP contribution < -0.4 is 0 Å². The summed E-state index contributed by atoms with van der Waals surface area (Å²) in [6.45, 7) is 6.31. The first-order chi connectivity index (χ1) is 11.3. The third-order valence-corrected chi connectivity index (χ3v) is 6.88. The molecule has 132 valence electrons. The standard InChI is InChI=1S/C20H28O4/c1-12(2)14-6-7-20(18(23)24)9-8-19(3)15(17(14)20)5-4-13(11-21)10-16(19)22/h4-5,11-13,15-16,22H,6-10H2,1-3H3,(H,23,24)/t13?,15-,16?,19-,20+/m0/s1. The van der Waals surface area contributed by atoms with Gasteiger partial charge in [-0.1, -0.05) is 38.5 Å². The number of aliphatic hydroxyl groups excluding tert-OH is 1. The van der Waals surface area contributed by atoms with Crippen molar-refractivity contribution < 1.29 is 19.8 Å². The zero-order chi connectivity index (χ0) is 17.7. The van der Waals surface area contributed by atoms with Gasteiger partial charge in [-0.3, -0.25) is 4.79 Å². The number of carbonyl (C=O) groups is 2. The van der Waals surface area contributed by atoms with Crippen molar-refractivity contribution in [2.75, 3.05) is 0 Å². The Hall–Kier alpha value is -1.42. The number of hydrogen-bond donors (Lipinski definition) is 2. The van der Waals surface area contributed by atoms with Crippen molar-refractivity contribution in [3.63, 3.8) is 0 Å². The van der Waals surface area contributed by atoms with Crippen LogP contribution in [-0.2, 0) is 9.59 Å². The molecule has 3 rings (SSSR count). The van der Waals surface area contributed by atoms with Crippen LogP contribution in [0, 0.1) is 28.6 Å². The Morgan fingerprint density at radius 3 is 2.58 bits per heavy atom. The molecule has 1 saturated carbocycles. The number of fused-ring (bicyclic) bond motifs is 3. The van der Waals surface area contributed by atoms with E-state index < -0.39 is 22.9 Å². The SMILES string of the molecule is CC(C)C1=C2[C@@H]3C=CC(C=O)CC(O)[C@@]3(C)CC[C@]2(C(=O)O)CC1. The summed E-state index contributed by atoms with van der Waals surface area (Å²) in [6, 6.07) is 0. The van der Waals surface area contributed by atoms with Crippen LogP contribution in [0.2, 0.25) is 0 Å². The van der Waals surface area contributed by atoms with Crippen molar-refractivity contribution in [3.05, 3.63) is 23.3 Å². The van der Waals surface area contributed by atoms with Gasteiger partial charge < -0.3 is 15.0 Å². The van der Waals surface area contributed by atoms with Crippen molar-refractivity contribution >= 4 is 12.3 Å². The number of hydrogen-bond acceptors (Lipinski definition) is 3. The minimum absolute atomic E-state index is 0.0952. The highest BCUT2D eigenvalue weighted by molar-refractivity contribution is 5.81. The molecule has 5 atom stereocenters. The van der Waals surface area contributed by atoms with Crippen LogP contribution in [0.5, 0.6) is 0 Å². The van der Waals surface area contributed by atoms with E-state index in [0.29, 0.717) is 31.6 Å². The topological polar surface area (TPSA) is 74.6 Å². The fourth-order valence-electron chi connectivity index (χ4n) is 5.23. The predicted molar refractivity (Wildman–Crippen MR) is 91.3 cm³/mol. The van der Waals surface area contributed by atoms with Gasteiger partial charge in [0.1, 0.15) is 6.29 Å². The van der Waals surface area contributed by atoms with Gasteiger partial charge in [0.25, 0.3) is 0 Å². The van der Waals surface area contributed by atoms with Gasteiger partial charge in [-0.25, -0.2) is 0 Å². The lowest BCUT2D eigenvalue weighted by atomic mass is 9.54. The quantitative estimate of drug-likeness (QED) is 0.614. The summed E-state index contributed by atoms with van der Waals surface area (Å²) >= 11 is 0. The van der Waals surface area contributed by atoms with E-state index in [2.05, 4.69) is 20.8 Å². The average Bonchev–Trinajstić information content (AvgIpc) is 2.88. The molecule has 1 fully saturated rings. The first-order valence-corrected chi connectivity index (χ1v) is 9.05. The molecule has 0 aromatic heterocycles. The summed E-state index contributed by atoms with van der Waals surface area (Å²) in [5, 5.41) is 20.9. The highest BCUT2D eigenvalue weighted by atomic mass is 16.4. The van der Waals surface area contributed by atoms with Crippen molar-refractivity contribution in [1.82, 2.24) is 0 Å². The molecule has 0 radical (unpaired) electrons. The Kier molecular flexibility index (Phi) is 4.23. The summed E-state index contributed by atoms with van der Waals surface area (Å²) in [7, 11) is 0. The van der Waals surface area contributed by atoms with Crippen LogP contribution in [0.1, 0.15) is 52.9 Å². The van der Waals surface area contributed by atoms with Crippen LogP contribution in [0.15, 0.2) is 23.3 Å². The Morgan fingerprint density at radius 1 is 1.29 bits per heavy atom. The van der Waals surface area contributed by atoms with Crippen LogP contribution >= 0.6 is 0 Å². The smallest absolute Gasteiger partial charge is 0.313 e. The maximum Gasteiger partial charge on any atom is 0.313 e. The van der Waals surface area contributed by atoms with Crippen LogP contribution in [-0.4, -0.2) is 28.6 Å². The van der Waals surface area contributed by atoms with Crippen LogP contribution in [0.4, 0.5) is 0 Å². The number of aliphatic carboxylic acids is 1. The first kappa shape index (κ1) is 17.4. The Balaban J connectivity index is 2.18. The van der Waals surface area contributed by atoms with Gasteiger partial charge in [-0.2, -0.15) is 0 Å². The molecule has 4 nitrogen and oxygen atoms in total. The lowest BCUT2D eigenvalue weighted by Crippen LogP contribution is -2.49. The number of allylic oxidation sites excluding steroid dienone is 3. The number of rotatable bonds is 3. The van der Waals surface area contributed by atoms with Gasteiger partial charge in [0.05, 0.1) is 11.5 Å². The van der Waals surface area contributed by atoms with Gasteiger partial charge >= 0.3 is 5.97 Å². The molecule has 2 unspecified atom stereocenters. The zero-order valence-corrected chi connectivity index (χ0v) is 14.8.